The van der Waals surface area contributed by atoms with E-state index in [9.17, 15) is 14.7 Å². The molecule has 0 amide bonds. The number of methoxy groups -OCH3 is 1. The number of aromatic nitrogens is 1. The van der Waals surface area contributed by atoms with E-state index in [0.717, 1.165) is 49.2 Å². The molecule has 8 nitrogen and oxygen atoms in total. The van der Waals surface area contributed by atoms with E-state index in [1.807, 2.05) is 31.2 Å². The summed E-state index contributed by atoms with van der Waals surface area (Å²) in [6.07, 6.45) is 5.82. The summed E-state index contributed by atoms with van der Waals surface area (Å²) in [6.45, 7) is 4.87. The van der Waals surface area contributed by atoms with Gasteiger partial charge >= 0.3 is 11.9 Å². The molecule has 4 heterocycles. The summed E-state index contributed by atoms with van der Waals surface area (Å²) in [7, 11) is 1.60. The van der Waals surface area contributed by atoms with E-state index < -0.39 is 12.0 Å². The molecule has 2 bridgehead atoms. The van der Waals surface area contributed by atoms with Crippen LogP contribution in [-0.2, 0) is 16.0 Å². The molecular formula is C30H33N3O5. The molecule has 38 heavy (non-hydrogen) atoms. The van der Waals surface area contributed by atoms with Crippen LogP contribution >= 0.6 is 0 Å². The van der Waals surface area contributed by atoms with Gasteiger partial charge in [-0.05, 0) is 91.4 Å². The Hall–Kier alpha value is -3.91. The molecule has 3 saturated heterocycles. The minimum Gasteiger partial charge on any atom is -0.497 e. The summed E-state index contributed by atoms with van der Waals surface area (Å²) in [5.41, 5.74) is 3.82. The highest BCUT2D eigenvalue weighted by atomic mass is 16.5. The number of rotatable bonds is 9. The molecule has 0 saturated carbocycles. The van der Waals surface area contributed by atoms with E-state index in [-0.39, 0.29) is 17.6 Å². The minimum absolute atomic E-state index is 0.125. The number of carbonyl (C=O) groups is 2. The van der Waals surface area contributed by atoms with Gasteiger partial charge < -0.3 is 19.9 Å². The molecule has 198 valence electrons. The molecule has 0 radical (unpaired) electrons. The molecule has 3 aromatic rings. The van der Waals surface area contributed by atoms with Gasteiger partial charge in [-0.15, -0.1) is 0 Å². The lowest BCUT2D eigenvalue weighted by Crippen LogP contribution is -2.52. The summed E-state index contributed by atoms with van der Waals surface area (Å²) in [5.74, 6) is -0.270. The van der Waals surface area contributed by atoms with Gasteiger partial charge in [0, 0.05) is 30.2 Å². The SMILES string of the molecule is CCc1c(NC(C(=O)O[C@H]2CN3CCC2CC3)c2ccc(OC)cc2)ccc(C(=O)O)c1-c1ccncc1. The maximum atomic E-state index is 13.7. The summed E-state index contributed by atoms with van der Waals surface area (Å²) < 4.78 is 11.5. The number of carboxylic acid groups (broad SMARTS) is 1. The molecule has 1 unspecified atom stereocenters. The Bertz CT molecular complexity index is 1290. The highest BCUT2D eigenvalue weighted by Gasteiger charge is 2.38. The number of pyridine rings is 1. The standard InChI is InChI=1S/C30H33N3O5/c1-3-23-25(9-8-24(29(34)35)27(23)20-10-14-31-15-11-20)32-28(21-4-6-22(37-2)7-5-21)30(36)38-26-18-33-16-12-19(26)13-17-33/h4-11,14-15,19,26,28,32H,3,12-13,16-18H2,1-2H3,(H,34,35)/t26-,28?/m0/s1. The number of fused-ring (bicyclic) bond motifs is 3. The van der Waals surface area contributed by atoms with Gasteiger partial charge in [0.05, 0.1) is 12.7 Å². The first kappa shape index (κ1) is 25.7. The van der Waals surface area contributed by atoms with E-state index in [1.165, 1.54) is 0 Å². The summed E-state index contributed by atoms with van der Waals surface area (Å²) >= 11 is 0. The summed E-state index contributed by atoms with van der Waals surface area (Å²) in [6, 6.07) is 13.5. The number of carboxylic acids is 1. The smallest absolute Gasteiger partial charge is 0.336 e. The number of hydrogen-bond donors (Lipinski definition) is 2. The van der Waals surface area contributed by atoms with Gasteiger partial charge in [-0.2, -0.15) is 0 Å². The van der Waals surface area contributed by atoms with Crippen LogP contribution in [0.1, 0.15) is 47.3 Å². The molecule has 1 aromatic heterocycles. The maximum Gasteiger partial charge on any atom is 0.336 e. The maximum absolute atomic E-state index is 13.7. The molecule has 0 spiro atoms. The van der Waals surface area contributed by atoms with Crippen LogP contribution in [-0.4, -0.2) is 59.8 Å². The van der Waals surface area contributed by atoms with E-state index >= 15 is 0 Å². The Morgan fingerprint density at radius 3 is 2.37 bits per heavy atom. The molecule has 6 rings (SSSR count). The lowest BCUT2D eigenvalue weighted by atomic mass is 9.86. The second-order valence-corrected chi connectivity index (χ2v) is 9.87. The van der Waals surface area contributed by atoms with Crippen LogP contribution in [0.25, 0.3) is 11.1 Å². The van der Waals surface area contributed by atoms with Gasteiger partial charge in [0.15, 0.2) is 6.04 Å². The molecular weight excluding hydrogens is 482 g/mol. The average Bonchev–Trinajstić information content (AvgIpc) is 2.96. The van der Waals surface area contributed by atoms with Crippen molar-refractivity contribution in [2.45, 2.75) is 38.3 Å². The number of aromatic carboxylic acids is 1. The summed E-state index contributed by atoms with van der Waals surface area (Å²) in [4.78, 5) is 32.3. The third kappa shape index (κ3) is 5.22. The van der Waals surface area contributed by atoms with Crippen molar-refractivity contribution in [3.63, 3.8) is 0 Å². The van der Waals surface area contributed by atoms with Gasteiger partial charge in [-0.3, -0.25) is 9.88 Å². The number of nitrogens with zero attached hydrogens (tertiary/aromatic N) is 2. The van der Waals surface area contributed by atoms with Crippen molar-refractivity contribution in [1.82, 2.24) is 9.88 Å². The highest BCUT2D eigenvalue weighted by Crippen LogP contribution is 2.36. The van der Waals surface area contributed by atoms with Crippen molar-refractivity contribution in [2.75, 3.05) is 32.1 Å². The number of nitrogens with one attached hydrogen (secondary N) is 1. The van der Waals surface area contributed by atoms with E-state index in [4.69, 9.17) is 9.47 Å². The summed E-state index contributed by atoms with van der Waals surface area (Å²) in [5, 5.41) is 13.4. The lowest BCUT2D eigenvalue weighted by Gasteiger charge is -2.44. The zero-order valence-corrected chi connectivity index (χ0v) is 21.7. The topological polar surface area (TPSA) is 101 Å². The van der Waals surface area contributed by atoms with Crippen molar-refractivity contribution in [3.8, 4) is 16.9 Å². The Morgan fingerprint density at radius 1 is 1.08 bits per heavy atom. The normalized spacial score (nSPS) is 20.9. The van der Waals surface area contributed by atoms with Gasteiger partial charge in [-0.25, -0.2) is 9.59 Å². The molecule has 3 fully saturated rings. The third-order valence-electron chi connectivity index (χ3n) is 7.71. The van der Waals surface area contributed by atoms with Gasteiger partial charge in [-0.1, -0.05) is 19.1 Å². The van der Waals surface area contributed by atoms with Gasteiger partial charge in [0.1, 0.15) is 11.9 Å². The Kier molecular flexibility index (Phi) is 7.60. The zero-order chi connectivity index (χ0) is 26.6. The van der Waals surface area contributed by atoms with E-state index in [1.54, 1.807) is 43.8 Å². The fourth-order valence-electron chi connectivity index (χ4n) is 5.67. The number of benzene rings is 2. The van der Waals surface area contributed by atoms with Crippen molar-refractivity contribution in [1.29, 1.82) is 0 Å². The van der Waals surface area contributed by atoms with Crippen LogP contribution in [0, 0.1) is 5.92 Å². The number of carbonyl (C=O) groups excluding carboxylic acids is 1. The van der Waals surface area contributed by atoms with Gasteiger partial charge in [0.2, 0.25) is 0 Å². The van der Waals surface area contributed by atoms with Gasteiger partial charge in [0.25, 0.3) is 0 Å². The highest BCUT2D eigenvalue weighted by molar-refractivity contribution is 5.99. The quantitative estimate of drug-likeness (QED) is 0.392. The predicted octanol–water partition coefficient (Wildman–Crippen LogP) is 4.81. The molecule has 2 N–H and O–H groups in total. The van der Waals surface area contributed by atoms with E-state index in [0.29, 0.717) is 29.3 Å². The molecule has 0 aliphatic carbocycles. The fraction of sp³-hybridized carbons (Fsp3) is 0.367. The molecule has 8 heteroatoms. The number of hydrogen-bond acceptors (Lipinski definition) is 7. The first-order chi connectivity index (χ1) is 18.5. The number of ether oxygens (including phenoxy) is 2. The number of anilines is 1. The minimum atomic E-state index is -1.01. The van der Waals surface area contributed by atoms with Crippen LogP contribution < -0.4 is 10.1 Å². The molecule has 2 aromatic carbocycles. The van der Waals surface area contributed by atoms with E-state index in [2.05, 4.69) is 15.2 Å². The fourth-order valence-corrected chi connectivity index (χ4v) is 5.67. The zero-order valence-electron chi connectivity index (χ0n) is 21.7. The predicted molar refractivity (Wildman–Crippen MR) is 144 cm³/mol. The number of esters is 1. The van der Waals surface area contributed by atoms with Crippen molar-refractivity contribution in [3.05, 3.63) is 77.6 Å². The molecule has 3 aliphatic heterocycles. The lowest BCUT2D eigenvalue weighted by molar-refractivity contribution is -0.159. The second kappa shape index (κ2) is 11.2. The van der Waals surface area contributed by atoms with Crippen LogP contribution in [0.5, 0.6) is 5.75 Å². The first-order valence-corrected chi connectivity index (χ1v) is 13.1. The molecule has 2 atom stereocenters. The van der Waals surface area contributed by atoms with Crippen LogP contribution in [0.2, 0.25) is 0 Å². The monoisotopic (exact) mass is 515 g/mol. The van der Waals surface area contributed by atoms with Crippen LogP contribution in [0.4, 0.5) is 5.69 Å². The second-order valence-electron chi connectivity index (χ2n) is 9.87. The van der Waals surface area contributed by atoms with Crippen molar-refractivity contribution in [2.24, 2.45) is 5.92 Å². The first-order valence-electron chi connectivity index (χ1n) is 13.1. The van der Waals surface area contributed by atoms with Crippen molar-refractivity contribution < 1.29 is 24.2 Å². The molecule has 3 aliphatic rings. The third-order valence-corrected chi connectivity index (χ3v) is 7.71. The largest absolute Gasteiger partial charge is 0.497 e. The Balaban J connectivity index is 1.52. The van der Waals surface area contributed by atoms with Crippen molar-refractivity contribution >= 4 is 17.6 Å². The van der Waals surface area contributed by atoms with Crippen LogP contribution in [0.15, 0.2) is 60.9 Å². The number of piperidine rings is 3. The Morgan fingerprint density at radius 2 is 1.79 bits per heavy atom. The van der Waals surface area contributed by atoms with Crippen LogP contribution in [0.3, 0.4) is 0 Å². The average molecular weight is 516 g/mol. The Labute approximate surface area is 222 Å².